The maximum atomic E-state index is 10.5. The van der Waals surface area contributed by atoms with Crippen LogP contribution in [0.15, 0.2) is 30.6 Å². The third kappa shape index (κ3) is 3.81. The number of ether oxygens (including phenoxy) is 2. The molecule has 1 aliphatic heterocycles. The lowest BCUT2D eigenvalue weighted by molar-refractivity contribution is -0.197. The highest BCUT2D eigenvalue weighted by atomic mass is 35.5. The van der Waals surface area contributed by atoms with Crippen molar-refractivity contribution in [3.63, 3.8) is 0 Å². The van der Waals surface area contributed by atoms with E-state index in [1.54, 1.807) is 18.5 Å². The van der Waals surface area contributed by atoms with Crippen molar-refractivity contribution in [1.82, 2.24) is 19.5 Å². The van der Waals surface area contributed by atoms with Gasteiger partial charge in [-0.25, -0.2) is 15.0 Å². The van der Waals surface area contributed by atoms with E-state index in [0.29, 0.717) is 40.9 Å². The van der Waals surface area contributed by atoms with Crippen LogP contribution in [0.25, 0.3) is 11.2 Å². The average Bonchev–Trinajstić information content (AvgIpc) is 3.09. The molecule has 3 aromatic rings. The van der Waals surface area contributed by atoms with E-state index in [1.165, 1.54) is 0 Å². The van der Waals surface area contributed by atoms with E-state index >= 15 is 0 Å². The minimum atomic E-state index is -0.669. The summed E-state index contributed by atoms with van der Waals surface area (Å²) in [5.74, 6) is 1.21. The van der Waals surface area contributed by atoms with Crippen molar-refractivity contribution in [1.29, 1.82) is 0 Å². The number of aromatic nitrogens is 4. The van der Waals surface area contributed by atoms with E-state index in [0.717, 1.165) is 5.69 Å². The summed E-state index contributed by atoms with van der Waals surface area (Å²) in [4.78, 5) is 13.6. The second-order valence-electron chi connectivity index (χ2n) is 6.66. The number of aryl methyl sites for hydroxylation is 1. The van der Waals surface area contributed by atoms with E-state index in [2.05, 4.69) is 20.3 Å². The fraction of sp³-hybridized carbons (Fsp3) is 0.421. The largest absolute Gasteiger partial charge is 0.389 e. The molecule has 1 fully saturated rings. The maximum absolute atomic E-state index is 10.5. The Hall–Kier alpha value is -2.26. The molecule has 1 aliphatic rings. The number of fused-ring (bicyclic) bond motifs is 1. The van der Waals surface area contributed by atoms with Gasteiger partial charge in [-0.15, -0.1) is 0 Å². The fourth-order valence-corrected chi connectivity index (χ4v) is 3.49. The van der Waals surface area contributed by atoms with Crippen LogP contribution >= 0.6 is 11.6 Å². The molecular weight excluding hydrogens is 382 g/mol. The number of aliphatic hydroxyl groups is 1. The number of aliphatic hydroxyl groups excluding tert-OH is 1. The molecule has 0 radical (unpaired) electrons. The molecule has 2 N–H and O–H groups in total. The molecule has 3 unspecified atom stereocenters. The van der Waals surface area contributed by atoms with Crippen LogP contribution in [0.4, 0.5) is 11.5 Å². The Morgan fingerprint density at radius 2 is 2.11 bits per heavy atom. The summed E-state index contributed by atoms with van der Waals surface area (Å²) in [5, 5.41) is 14.4. The van der Waals surface area contributed by atoms with Crippen LogP contribution in [0.5, 0.6) is 0 Å². The third-order valence-corrected chi connectivity index (χ3v) is 4.93. The summed E-state index contributed by atoms with van der Waals surface area (Å²) in [6.07, 6.45) is 1.18. The summed E-state index contributed by atoms with van der Waals surface area (Å²) >= 11 is 5.96. The molecule has 0 spiro atoms. The summed E-state index contributed by atoms with van der Waals surface area (Å²) in [6, 6.07) is 7.11. The van der Waals surface area contributed by atoms with Crippen molar-refractivity contribution < 1.29 is 14.6 Å². The number of hydrogen-bond acceptors (Lipinski definition) is 7. The van der Waals surface area contributed by atoms with Crippen molar-refractivity contribution in [2.24, 2.45) is 0 Å². The number of rotatable bonds is 5. The number of benzene rings is 1. The van der Waals surface area contributed by atoms with E-state index in [9.17, 15) is 5.11 Å². The highest BCUT2D eigenvalue weighted by molar-refractivity contribution is 6.30. The molecular formula is C19H22ClN5O3. The van der Waals surface area contributed by atoms with Crippen LogP contribution in [-0.2, 0) is 9.47 Å². The highest BCUT2D eigenvalue weighted by Crippen LogP contribution is 2.31. The third-order valence-electron chi connectivity index (χ3n) is 4.68. The van der Waals surface area contributed by atoms with Crippen LogP contribution in [0, 0.1) is 6.92 Å². The number of halogens is 1. The van der Waals surface area contributed by atoms with E-state index in [-0.39, 0.29) is 18.9 Å². The van der Waals surface area contributed by atoms with Gasteiger partial charge < -0.3 is 24.5 Å². The standard InChI is InChI=1S/C19H22ClN5O3/c1-3-27-16-8-14(15(26)9-28-16)25-10-21-17-18(22-11(2)23-19(17)25)24-13-6-4-12(20)5-7-13/h4-7,10,14-16,26H,3,8-9H2,1-2H3,(H,22,23,24). The van der Waals surface area contributed by atoms with E-state index < -0.39 is 6.10 Å². The number of imidazole rings is 1. The molecule has 8 nitrogen and oxygen atoms in total. The van der Waals surface area contributed by atoms with Crippen LogP contribution < -0.4 is 5.32 Å². The van der Waals surface area contributed by atoms with Gasteiger partial charge in [0.2, 0.25) is 0 Å². The van der Waals surface area contributed by atoms with E-state index in [1.807, 2.05) is 30.5 Å². The molecule has 148 valence electrons. The molecule has 0 amide bonds. The van der Waals surface area contributed by atoms with Crippen molar-refractivity contribution >= 4 is 34.3 Å². The highest BCUT2D eigenvalue weighted by Gasteiger charge is 2.33. The molecule has 3 heterocycles. The predicted octanol–water partition coefficient (Wildman–Crippen LogP) is 3.22. The van der Waals surface area contributed by atoms with Crippen molar-refractivity contribution in [3.05, 3.63) is 41.4 Å². The van der Waals surface area contributed by atoms with Gasteiger partial charge in [-0.2, -0.15) is 0 Å². The smallest absolute Gasteiger partial charge is 0.166 e. The summed E-state index contributed by atoms with van der Waals surface area (Å²) in [5.41, 5.74) is 2.14. The number of nitrogens with zero attached hydrogens (tertiary/aromatic N) is 4. The number of anilines is 2. The SMILES string of the molecule is CCOC1CC(n2cnc3c(Nc4ccc(Cl)cc4)nc(C)nc32)C(O)CO1. The Morgan fingerprint density at radius 1 is 1.32 bits per heavy atom. The van der Waals surface area contributed by atoms with Gasteiger partial charge >= 0.3 is 0 Å². The van der Waals surface area contributed by atoms with Crippen LogP contribution in [0.3, 0.4) is 0 Å². The molecule has 0 bridgehead atoms. The molecule has 1 saturated heterocycles. The van der Waals surface area contributed by atoms with Gasteiger partial charge in [0.15, 0.2) is 23.3 Å². The normalized spacial score (nSPS) is 22.5. The summed E-state index contributed by atoms with van der Waals surface area (Å²) in [7, 11) is 0. The van der Waals surface area contributed by atoms with Crippen LogP contribution in [0.2, 0.25) is 5.02 Å². The zero-order valence-corrected chi connectivity index (χ0v) is 16.4. The molecule has 28 heavy (non-hydrogen) atoms. The van der Waals surface area contributed by atoms with Gasteiger partial charge in [0, 0.05) is 23.7 Å². The Kier molecular flexibility index (Phi) is 5.45. The van der Waals surface area contributed by atoms with Gasteiger partial charge in [-0.05, 0) is 38.1 Å². The second-order valence-corrected chi connectivity index (χ2v) is 7.10. The molecule has 9 heteroatoms. The molecule has 1 aromatic carbocycles. The Bertz CT molecular complexity index is 962. The predicted molar refractivity (Wildman–Crippen MR) is 106 cm³/mol. The number of hydrogen-bond donors (Lipinski definition) is 2. The first kappa shape index (κ1) is 19.1. The molecule has 4 rings (SSSR count). The van der Waals surface area contributed by atoms with Crippen LogP contribution in [-0.4, -0.2) is 50.2 Å². The summed E-state index contributed by atoms with van der Waals surface area (Å²) < 4.78 is 13.0. The Labute approximate surface area is 167 Å². The quantitative estimate of drug-likeness (QED) is 0.675. The summed E-state index contributed by atoms with van der Waals surface area (Å²) in [6.45, 7) is 4.50. The van der Waals surface area contributed by atoms with Gasteiger partial charge in [0.1, 0.15) is 5.82 Å². The molecule has 3 atom stereocenters. The lowest BCUT2D eigenvalue weighted by Crippen LogP contribution is -2.39. The van der Waals surface area contributed by atoms with Gasteiger partial charge in [-0.1, -0.05) is 11.6 Å². The minimum Gasteiger partial charge on any atom is -0.389 e. The molecule has 0 aliphatic carbocycles. The van der Waals surface area contributed by atoms with Gasteiger partial charge in [0.05, 0.1) is 25.1 Å². The minimum absolute atomic E-state index is 0.203. The monoisotopic (exact) mass is 403 g/mol. The average molecular weight is 404 g/mol. The maximum Gasteiger partial charge on any atom is 0.166 e. The fourth-order valence-electron chi connectivity index (χ4n) is 3.37. The first-order chi connectivity index (χ1) is 13.5. The topological polar surface area (TPSA) is 94.3 Å². The lowest BCUT2D eigenvalue weighted by atomic mass is 10.1. The van der Waals surface area contributed by atoms with Gasteiger partial charge in [-0.3, -0.25) is 0 Å². The Morgan fingerprint density at radius 3 is 2.86 bits per heavy atom. The first-order valence-corrected chi connectivity index (χ1v) is 9.58. The van der Waals surface area contributed by atoms with Crippen molar-refractivity contribution in [3.8, 4) is 0 Å². The number of nitrogens with one attached hydrogen (secondary N) is 1. The second kappa shape index (κ2) is 8.00. The van der Waals surface area contributed by atoms with Gasteiger partial charge in [0.25, 0.3) is 0 Å². The lowest BCUT2D eigenvalue weighted by Gasteiger charge is -2.33. The van der Waals surface area contributed by atoms with E-state index in [4.69, 9.17) is 21.1 Å². The molecule has 2 aromatic heterocycles. The van der Waals surface area contributed by atoms with Crippen molar-refractivity contribution in [2.45, 2.75) is 38.7 Å². The Balaban J connectivity index is 1.69. The first-order valence-electron chi connectivity index (χ1n) is 9.20. The zero-order valence-electron chi connectivity index (χ0n) is 15.7. The zero-order chi connectivity index (χ0) is 19.7. The molecule has 0 saturated carbocycles. The van der Waals surface area contributed by atoms with Crippen molar-refractivity contribution in [2.75, 3.05) is 18.5 Å². The van der Waals surface area contributed by atoms with Crippen LogP contribution in [0.1, 0.15) is 25.2 Å².